The zero-order valence-corrected chi connectivity index (χ0v) is 12.6. The van der Waals surface area contributed by atoms with Crippen molar-refractivity contribution < 1.29 is 9.50 Å². The normalized spacial score (nSPS) is 18.6. The Morgan fingerprint density at radius 1 is 1.35 bits per heavy atom. The quantitative estimate of drug-likeness (QED) is 0.918. The van der Waals surface area contributed by atoms with Crippen molar-refractivity contribution in [3.63, 3.8) is 0 Å². The maximum atomic E-state index is 14.1. The predicted octanol–water partition coefficient (Wildman–Crippen LogP) is 2.66. The van der Waals surface area contributed by atoms with Crippen LogP contribution >= 0.6 is 0 Å². The molecule has 0 radical (unpaired) electrons. The molecule has 0 amide bonds. The lowest BCUT2D eigenvalue weighted by molar-refractivity contribution is 0.199. The summed E-state index contributed by atoms with van der Waals surface area (Å²) in [6.07, 6.45) is 1.59. The Labute approximate surface area is 121 Å². The van der Waals surface area contributed by atoms with Crippen LogP contribution in [0.15, 0.2) is 18.2 Å². The predicted molar refractivity (Wildman–Crippen MR) is 80.5 cm³/mol. The minimum Gasteiger partial charge on any atom is -0.389 e. The van der Waals surface area contributed by atoms with E-state index >= 15 is 0 Å². The van der Waals surface area contributed by atoms with Gasteiger partial charge in [0.2, 0.25) is 0 Å². The molecule has 112 valence electrons. The minimum absolute atomic E-state index is 0.227. The number of hydrogen-bond acceptors (Lipinski definition) is 3. The highest BCUT2D eigenvalue weighted by Crippen LogP contribution is 2.27. The van der Waals surface area contributed by atoms with Gasteiger partial charge < -0.3 is 14.9 Å². The van der Waals surface area contributed by atoms with Crippen molar-refractivity contribution in [3.05, 3.63) is 29.6 Å². The maximum Gasteiger partial charge on any atom is 0.146 e. The molecule has 20 heavy (non-hydrogen) atoms. The van der Waals surface area contributed by atoms with Gasteiger partial charge in [-0.3, -0.25) is 0 Å². The molecule has 0 aromatic heterocycles. The summed E-state index contributed by atoms with van der Waals surface area (Å²) >= 11 is 0. The number of anilines is 1. The molecule has 1 N–H and O–H groups in total. The summed E-state index contributed by atoms with van der Waals surface area (Å²) in [5.41, 5.74) is 1.30. The monoisotopic (exact) mass is 280 g/mol. The van der Waals surface area contributed by atoms with Gasteiger partial charge in [0.05, 0.1) is 11.8 Å². The molecule has 1 aliphatic rings. The van der Waals surface area contributed by atoms with E-state index in [1.165, 1.54) is 6.07 Å². The van der Waals surface area contributed by atoms with Gasteiger partial charge in [-0.2, -0.15) is 0 Å². The van der Waals surface area contributed by atoms with Gasteiger partial charge in [0.15, 0.2) is 0 Å². The molecule has 1 atom stereocenters. The largest absolute Gasteiger partial charge is 0.389 e. The molecular formula is C16H25FN2O. The second kappa shape index (κ2) is 6.55. The molecule has 0 bridgehead atoms. The van der Waals surface area contributed by atoms with Crippen LogP contribution in [-0.4, -0.2) is 43.7 Å². The molecule has 0 aliphatic carbocycles. The molecule has 2 rings (SSSR count). The summed E-state index contributed by atoms with van der Waals surface area (Å²) in [5.74, 6) is 0.482. The fourth-order valence-electron chi connectivity index (χ4n) is 2.91. The standard InChI is InChI=1S/C16H25FN2O/c1-12(20)14-4-5-16(15(17)10-14)19-8-6-13(7-9-19)11-18(2)3/h4-5,10,12-13,20H,6-9,11H2,1-3H3/t12-/m0/s1. The number of halogens is 1. The van der Waals surface area contributed by atoms with Crippen LogP contribution in [0, 0.1) is 11.7 Å². The Bertz CT molecular complexity index is 440. The second-order valence-corrected chi connectivity index (χ2v) is 6.08. The van der Waals surface area contributed by atoms with E-state index in [-0.39, 0.29) is 5.82 Å². The van der Waals surface area contributed by atoms with Gasteiger partial charge in [-0.15, -0.1) is 0 Å². The SMILES string of the molecule is C[C@H](O)c1ccc(N2CCC(CN(C)C)CC2)c(F)c1. The number of aliphatic hydroxyl groups excluding tert-OH is 1. The summed E-state index contributed by atoms with van der Waals surface area (Å²) in [4.78, 5) is 4.34. The summed E-state index contributed by atoms with van der Waals surface area (Å²) in [6, 6.07) is 5.06. The number of hydrogen-bond donors (Lipinski definition) is 1. The van der Waals surface area contributed by atoms with Gasteiger partial charge in [0.25, 0.3) is 0 Å². The molecule has 3 nitrogen and oxygen atoms in total. The smallest absolute Gasteiger partial charge is 0.146 e. The Hall–Kier alpha value is -1.13. The van der Waals surface area contributed by atoms with E-state index in [2.05, 4.69) is 23.9 Å². The van der Waals surface area contributed by atoms with Crippen molar-refractivity contribution in [2.24, 2.45) is 5.92 Å². The first-order chi connectivity index (χ1) is 9.47. The Balaban J connectivity index is 2.00. The third-order valence-electron chi connectivity index (χ3n) is 4.03. The number of benzene rings is 1. The average Bonchev–Trinajstić information content (AvgIpc) is 2.39. The van der Waals surface area contributed by atoms with E-state index < -0.39 is 6.10 Å². The van der Waals surface area contributed by atoms with Gasteiger partial charge in [-0.05, 0) is 57.5 Å². The lowest BCUT2D eigenvalue weighted by atomic mass is 9.96. The van der Waals surface area contributed by atoms with E-state index in [0.29, 0.717) is 17.2 Å². The molecule has 0 unspecified atom stereocenters. The van der Waals surface area contributed by atoms with Gasteiger partial charge in [0.1, 0.15) is 5.82 Å². The van der Waals surface area contributed by atoms with Gasteiger partial charge in [-0.1, -0.05) is 6.07 Å². The van der Waals surface area contributed by atoms with Crippen LogP contribution in [0.2, 0.25) is 0 Å². The summed E-state index contributed by atoms with van der Waals surface area (Å²) in [6.45, 7) is 4.57. The third-order valence-corrected chi connectivity index (χ3v) is 4.03. The number of rotatable bonds is 4. The first-order valence-electron chi connectivity index (χ1n) is 7.34. The second-order valence-electron chi connectivity index (χ2n) is 6.08. The molecule has 1 heterocycles. The van der Waals surface area contributed by atoms with E-state index in [1.54, 1.807) is 13.0 Å². The zero-order chi connectivity index (χ0) is 14.7. The van der Waals surface area contributed by atoms with E-state index in [4.69, 9.17) is 0 Å². The number of nitrogens with zero attached hydrogens (tertiary/aromatic N) is 2. The van der Waals surface area contributed by atoms with Crippen LogP contribution < -0.4 is 4.90 Å². The van der Waals surface area contributed by atoms with E-state index in [1.807, 2.05) is 6.07 Å². The highest BCUT2D eigenvalue weighted by Gasteiger charge is 2.22. The third kappa shape index (κ3) is 3.70. The van der Waals surface area contributed by atoms with Crippen LogP contribution in [0.3, 0.4) is 0 Å². The van der Waals surface area contributed by atoms with Crippen molar-refractivity contribution in [3.8, 4) is 0 Å². The lowest BCUT2D eigenvalue weighted by Gasteiger charge is -2.35. The van der Waals surface area contributed by atoms with Crippen molar-refractivity contribution >= 4 is 5.69 Å². The topological polar surface area (TPSA) is 26.7 Å². The average molecular weight is 280 g/mol. The summed E-state index contributed by atoms with van der Waals surface area (Å²) in [5, 5.41) is 9.48. The molecule has 1 aromatic rings. The molecule has 4 heteroatoms. The highest BCUT2D eigenvalue weighted by atomic mass is 19.1. The van der Waals surface area contributed by atoms with Crippen LogP contribution in [0.1, 0.15) is 31.4 Å². The first-order valence-corrected chi connectivity index (χ1v) is 7.34. The van der Waals surface area contributed by atoms with Gasteiger partial charge in [0, 0.05) is 19.6 Å². The van der Waals surface area contributed by atoms with Crippen molar-refractivity contribution in [1.82, 2.24) is 4.90 Å². The molecule has 1 saturated heterocycles. The fourth-order valence-corrected chi connectivity index (χ4v) is 2.91. The number of piperidine rings is 1. The Morgan fingerprint density at radius 3 is 2.50 bits per heavy atom. The molecular weight excluding hydrogens is 255 g/mol. The van der Waals surface area contributed by atoms with Crippen LogP contribution in [-0.2, 0) is 0 Å². The first kappa shape index (κ1) is 15.3. The molecule has 1 aromatic carbocycles. The van der Waals surface area contributed by atoms with E-state index in [0.717, 1.165) is 32.5 Å². The van der Waals surface area contributed by atoms with Crippen molar-refractivity contribution in [2.45, 2.75) is 25.9 Å². The van der Waals surface area contributed by atoms with Crippen molar-refractivity contribution in [2.75, 3.05) is 38.6 Å². The lowest BCUT2D eigenvalue weighted by Crippen LogP contribution is -2.37. The Kier molecular flexibility index (Phi) is 5.00. The summed E-state index contributed by atoms with van der Waals surface area (Å²) < 4.78 is 14.1. The highest BCUT2D eigenvalue weighted by molar-refractivity contribution is 5.49. The molecule has 1 fully saturated rings. The maximum absolute atomic E-state index is 14.1. The van der Waals surface area contributed by atoms with Crippen LogP contribution in [0.5, 0.6) is 0 Å². The molecule has 1 aliphatic heterocycles. The summed E-state index contributed by atoms with van der Waals surface area (Å²) in [7, 11) is 4.20. The minimum atomic E-state index is -0.621. The van der Waals surface area contributed by atoms with Crippen molar-refractivity contribution in [1.29, 1.82) is 0 Å². The fraction of sp³-hybridized carbons (Fsp3) is 0.625. The van der Waals surface area contributed by atoms with Crippen LogP contribution in [0.25, 0.3) is 0 Å². The number of aliphatic hydroxyl groups is 1. The van der Waals surface area contributed by atoms with Crippen LogP contribution in [0.4, 0.5) is 10.1 Å². The molecule has 0 saturated carbocycles. The zero-order valence-electron chi connectivity index (χ0n) is 12.6. The molecule has 0 spiro atoms. The van der Waals surface area contributed by atoms with Gasteiger partial charge >= 0.3 is 0 Å². The van der Waals surface area contributed by atoms with Gasteiger partial charge in [-0.25, -0.2) is 4.39 Å². The Morgan fingerprint density at radius 2 is 2.00 bits per heavy atom. The van der Waals surface area contributed by atoms with E-state index in [9.17, 15) is 9.50 Å².